The van der Waals surface area contributed by atoms with Crippen LogP contribution in [0.4, 0.5) is 0 Å². The van der Waals surface area contributed by atoms with Gasteiger partial charge in [0.1, 0.15) is 18.0 Å². The number of halogens is 1. The van der Waals surface area contributed by atoms with Crippen molar-refractivity contribution in [3.63, 3.8) is 0 Å². The molecule has 1 aliphatic heterocycles. The molecular weight excluding hydrogens is 520 g/mol. The van der Waals surface area contributed by atoms with Crippen LogP contribution in [0, 0.1) is 0 Å². The zero-order valence-corrected chi connectivity index (χ0v) is 22.9. The Hall–Kier alpha value is -3.75. The number of carbonyl (C=O) groups is 2. The lowest BCUT2D eigenvalue weighted by Crippen LogP contribution is -2.58. The number of para-hydroxylation sites is 2. The highest BCUT2D eigenvalue weighted by Crippen LogP contribution is 2.28. The number of rotatable bonds is 11. The molecule has 0 radical (unpaired) electrons. The van der Waals surface area contributed by atoms with E-state index in [9.17, 15) is 9.59 Å². The molecule has 4 rings (SSSR count). The molecule has 1 heterocycles. The molecule has 39 heavy (non-hydrogen) atoms. The van der Waals surface area contributed by atoms with E-state index in [-0.39, 0.29) is 44.6 Å². The van der Waals surface area contributed by atoms with Crippen LogP contribution in [0.2, 0.25) is 5.02 Å². The van der Waals surface area contributed by atoms with Crippen LogP contribution >= 0.6 is 11.6 Å². The predicted molar refractivity (Wildman–Crippen MR) is 148 cm³/mol. The summed E-state index contributed by atoms with van der Waals surface area (Å²) >= 11 is 6.01. The van der Waals surface area contributed by atoms with Gasteiger partial charge in [-0.25, -0.2) is 0 Å². The van der Waals surface area contributed by atoms with Gasteiger partial charge in [0.2, 0.25) is 5.91 Å². The Balaban J connectivity index is 1.46. The van der Waals surface area contributed by atoms with Crippen LogP contribution in [0.15, 0.2) is 78.9 Å². The van der Waals surface area contributed by atoms with Crippen LogP contribution < -0.4 is 14.2 Å². The van der Waals surface area contributed by atoms with Gasteiger partial charge in [0, 0.05) is 25.2 Å². The van der Waals surface area contributed by atoms with Crippen LogP contribution in [0.1, 0.15) is 12.0 Å². The summed E-state index contributed by atoms with van der Waals surface area (Å²) in [6, 6.07) is 23.9. The Kier molecular flexibility index (Phi) is 9.68. The van der Waals surface area contributed by atoms with Crippen LogP contribution in [-0.4, -0.2) is 74.3 Å². The zero-order valence-electron chi connectivity index (χ0n) is 22.2. The quantitative estimate of drug-likeness (QED) is 0.350. The maximum Gasteiger partial charge on any atom is 0.260 e. The third-order valence-corrected chi connectivity index (χ3v) is 6.75. The van der Waals surface area contributed by atoms with Gasteiger partial charge in [-0.2, -0.15) is 0 Å². The second-order valence-corrected chi connectivity index (χ2v) is 9.88. The molecule has 0 saturated carbocycles. The molecule has 1 aliphatic rings. The highest BCUT2D eigenvalue weighted by molar-refractivity contribution is 6.30. The molecule has 8 nitrogen and oxygen atoms in total. The number of nitrogens with zero attached hydrogens (tertiary/aromatic N) is 2. The van der Waals surface area contributed by atoms with Gasteiger partial charge in [0.15, 0.2) is 18.1 Å². The fourth-order valence-electron chi connectivity index (χ4n) is 4.37. The molecule has 0 aromatic heterocycles. The number of hydrogen-bond acceptors (Lipinski definition) is 6. The molecule has 9 heteroatoms. The van der Waals surface area contributed by atoms with E-state index in [1.165, 1.54) is 0 Å². The lowest BCUT2D eigenvalue weighted by molar-refractivity contribution is -0.166. The number of methoxy groups -OCH3 is 1. The minimum Gasteiger partial charge on any atom is -0.493 e. The summed E-state index contributed by atoms with van der Waals surface area (Å²) in [5.74, 6) is 1.29. The molecule has 3 aromatic rings. The highest BCUT2D eigenvalue weighted by Gasteiger charge is 2.42. The van der Waals surface area contributed by atoms with Crippen molar-refractivity contribution < 1.29 is 28.5 Å². The maximum atomic E-state index is 13.4. The molecule has 3 aromatic carbocycles. The monoisotopic (exact) mass is 552 g/mol. The van der Waals surface area contributed by atoms with Gasteiger partial charge in [0.25, 0.3) is 5.91 Å². The van der Waals surface area contributed by atoms with Crippen LogP contribution in [0.3, 0.4) is 0 Å². The van der Waals surface area contributed by atoms with E-state index in [2.05, 4.69) is 0 Å². The lowest BCUT2D eigenvalue weighted by Gasteiger charge is -2.42. The summed E-state index contributed by atoms with van der Waals surface area (Å²) in [5, 5.41) is 0.593. The van der Waals surface area contributed by atoms with E-state index in [0.29, 0.717) is 35.4 Å². The standard InChI is InChI=1S/C30H33ClN2O6/c1-32(19-23-8-4-3-5-9-23)28(34)18-30(22-38-25-14-12-24(31)13-15-25)21-33(16-17-39-30)29(35)20-37-27-11-7-6-10-26(27)36-2/h3-15H,16-22H2,1-2H3/t30-/m0/s1. The van der Waals surface area contributed by atoms with Crippen molar-refractivity contribution in [2.24, 2.45) is 0 Å². The zero-order chi connectivity index (χ0) is 27.7. The molecule has 1 atom stereocenters. The van der Waals surface area contributed by atoms with Crippen molar-refractivity contribution in [2.45, 2.75) is 18.6 Å². The highest BCUT2D eigenvalue weighted by atomic mass is 35.5. The molecule has 0 unspecified atom stereocenters. The van der Waals surface area contributed by atoms with Crippen molar-refractivity contribution in [3.8, 4) is 17.2 Å². The molecule has 206 valence electrons. The Morgan fingerprint density at radius 2 is 1.67 bits per heavy atom. The van der Waals surface area contributed by atoms with Crippen LogP contribution in [0.5, 0.6) is 17.2 Å². The van der Waals surface area contributed by atoms with E-state index >= 15 is 0 Å². The second kappa shape index (κ2) is 13.4. The number of hydrogen-bond donors (Lipinski definition) is 0. The Morgan fingerprint density at radius 3 is 2.38 bits per heavy atom. The molecule has 0 N–H and O–H groups in total. The van der Waals surface area contributed by atoms with E-state index < -0.39 is 5.60 Å². The van der Waals surface area contributed by atoms with Gasteiger partial charge < -0.3 is 28.7 Å². The minimum atomic E-state index is -1.04. The van der Waals surface area contributed by atoms with Crippen LogP contribution in [0.25, 0.3) is 0 Å². The van der Waals surface area contributed by atoms with Gasteiger partial charge in [-0.15, -0.1) is 0 Å². The minimum absolute atomic E-state index is 0.0427. The summed E-state index contributed by atoms with van der Waals surface area (Å²) in [6.45, 7) is 1.20. The third kappa shape index (κ3) is 7.88. The Morgan fingerprint density at radius 1 is 0.974 bits per heavy atom. The van der Waals surface area contributed by atoms with Crippen molar-refractivity contribution in [3.05, 3.63) is 89.4 Å². The fraction of sp³-hybridized carbons (Fsp3) is 0.333. The number of ether oxygens (including phenoxy) is 4. The molecule has 0 aliphatic carbocycles. The topological polar surface area (TPSA) is 77.5 Å². The normalized spacial score (nSPS) is 16.8. The Bertz CT molecular complexity index is 1240. The Labute approximate surface area is 234 Å². The number of benzene rings is 3. The second-order valence-electron chi connectivity index (χ2n) is 9.44. The number of morpholine rings is 1. The van der Waals surface area contributed by atoms with E-state index in [1.807, 2.05) is 42.5 Å². The van der Waals surface area contributed by atoms with Crippen molar-refractivity contribution in [1.29, 1.82) is 0 Å². The van der Waals surface area contributed by atoms with Crippen molar-refractivity contribution in [2.75, 3.05) is 47.1 Å². The average molecular weight is 553 g/mol. The summed E-state index contributed by atoms with van der Waals surface area (Å²) in [4.78, 5) is 29.9. The molecule has 0 bridgehead atoms. The largest absolute Gasteiger partial charge is 0.493 e. The van der Waals surface area contributed by atoms with Crippen molar-refractivity contribution >= 4 is 23.4 Å². The van der Waals surface area contributed by atoms with Gasteiger partial charge >= 0.3 is 0 Å². The summed E-state index contributed by atoms with van der Waals surface area (Å²) in [5.41, 5.74) is -0.0188. The molecule has 1 saturated heterocycles. The molecule has 0 spiro atoms. The number of amides is 2. The first-order valence-corrected chi connectivity index (χ1v) is 13.1. The fourth-order valence-corrected chi connectivity index (χ4v) is 4.50. The number of carbonyl (C=O) groups excluding carboxylic acids is 2. The first-order valence-electron chi connectivity index (χ1n) is 12.7. The first-order chi connectivity index (χ1) is 18.9. The van der Waals surface area contributed by atoms with Gasteiger partial charge in [-0.05, 0) is 42.0 Å². The third-order valence-electron chi connectivity index (χ3n) is 6.50. The lowest BCUT2D eigenvalue weighted by atomic mass is 9.96. The predicted octanol–water partition coefficient (Wildman–Crippen LogP) is 4.45. The molecular formula is C30H33ClN2O6. The van der Waals surface area contributed by atoms with Gasteiger partial charge in [-0.1, -0.05) is 54.1 Å². The van der Waals surface area contributed by atoms with Gasteiger partial charge in [-0.3, -0.25) is 9.59 Å². The van der Waals surface area contributed by atoms with Crippen LogP contribution in [-0.2, 0) is 20.9 Å². The summed E-state index contributed by atoms with van der Waals surface area (Å²) < 4.78 is 23.3. The average Bonchev–Trinajstić information content (AvgIpc) is 2.96. The van der Waals surface area contributed by atoms with Crippen molar-refractivity contribution in [1.82, 2.24) is 9.80 Å². The van der Waals surface area contributed by atoms with Gasteiger partial charge in [0.05, 0.1) is 26.7 Å². The summed E-state index contributed by atoms with van der Waals surface area (Å²) in [7, 11) is 3.31. The maximum absolute atomic E-state index is 13.4. The molecule has 1 fully saturated rings. The molecule has 2 amide bonds. The first kappa shape index (κ1) is 28.3. The van der Waals surface area contributed by atoms with E-state index in [4.69, 9.17) is 30.5 Å². The summed E-state index contributed by atoms with van der Waals surface area (Å²) in [6.07, 6.45) is 0.0427. The van der Waals surface area contributed by atoms with E-state index in [0.717, 1.165) is 5.56 Å². The smallest absolute Gasteiger partial charge is 0.260 e. The van der Waals surface area contributed by atoms with E-state index in [1.54, 1.807) is 60.4 Å². The SMILES string of the molecule is COc1ccccc1OCC(=O)N1CCO[C@@](COc2ccc(Cl)cc2)(CC(=O)N(C)Cc2ccccc2)C1.